The van der Waals surface area contributed by atoms with Crippen LogP contribution < -0.4 is 10.0 Å². The lowest BCUT2D eigenvalue weighted by molar-refractivity contribution is 0.0623. The first kappa shape index (κ1) is 25.9. The minimum Gasteiger partial charge on any atom is -0.385 e. The van der Waals surface area contributed by atoms with Crippen LogP contribution in [0.3, 0.4) is 0 Å². The highest BCUT2D eigenvalue weighted by atomic mass is 32.2. The van der Waals surface area contributed by atoms with E-state index in [0.717, 1.165) is 24.6 Å². The largest absolute Gasteiger partial charge is 0.385 e. The van der Waals surface area contributed by atoms with Crippen LogP contribution in [0.2, 0.25) is 0 Å². The van der Waals surface area contributed by atoms with Crippen molar-refractivity contribution >= 4 is 27.3 Å². The average Bonchev–Trinajstić information content (AvgIpc) is 2.78. The fraction of sp³-hybridized carbons (Fsp3) is 0.458. The Balaban J connectivity index is 1.95. The molecule has 0 radical (unpaired) electrons. The number of carbonyl (C=O) groups excluding carboxylic acids is 1. The van der Waals surface area contributed by atoms with E-state index in [2.05, 4.69) is 23.9 Å². The number of carbonyl (C=O) groups is 1. The Kier molecular flexibility index (Phi) is 8.48. The second-order valence-electron chi connectivity index (χ2n) is 8.87. The molecule has 2 unspecified atom stereocenters. The fourth-order valence-electron chi connectivity index (χ4n) is 4.25. The summed E-state index contributed by atoms with van der Waals surface area (Å²) in [6, 6.07) is 6.89. The number of sulfonamides is 1. The van der Waals surface area contributed by atoms with Gasteiger partial charge in [-0.2, -0.15) is 0 Å². The molecule has 0 spiro atoms. The SMILES string of the molecule is COCCCNc1ccc(C(=O)N2CC(C)CC(C)C2)cc1S(=O)(=O)Nc1cc(F)ccc1F. The van der Waals surface area contributed by atoms with Crippen molar-refractivity contribution in [2.75, 3.05) is 43.4 Å². The number of methoxy groups -OCH3 is 1. The Morgan fingerprint density at radius 2 is 1.79 bits per heavy atom. The molecule has 1 fully saturated rings. The van der Waals surface area contributed by atoms with E-state index < -0.39 is 27.3 Å². The molecule has 1 heterocycles. The lowest BCUT2D eigenvalue weighted by Gasteiger charge is -2.35. The van der Waals surface area contributed by atoms with Gasteiger partial charge in [0, 0.05) is 45.0 Å². The van der Waals surface area contributed by atoms with Gasteiger partial charge in [0.1, 0.15) is 16.5 Å². The maximum absolute atomic E-state index is 14.1. The highest BCUT2D eigenvalue weighted by molar-refractivity contribution is 7.92. The van der Waals surface area contributed by atoms with Crippen molar-refractivity contribution < 1.29 is 26.7 Å². The molecule has 1 aliphatic heterocycles. The highest BCUT2D eigenvalue weighted by Gasteiger charge is 2.28. The molecular weight excluding hydrogens is 464 g/mol. The first-order valence-electron chi connectivity index (χ1n) is 11.2. The highest BCUT2D eigenvalue weighted by Crippen LogP contribution is 2.29. The number of rotatable bonds is 9. The normalized spacial score (nSPS) is 18.6. The van der Waals surface area contributed by atoms with Crippen molar-refractivity contribution in [1.82, 2.24) is 4.90 Å². The van der Waals surface area contributed by atoms with Gasteiger partial charge in [0.25, 0.3) is 15.9 Å². The number of amides is 1. The summed E-state index contributed by atoms with van der Waals surface area (Å²) < 4.78 is 61.4. The first-order valence-corrected chi connectivity index (χ1v) is 12.7. The molecule has 2 aromatic carbocycles. The zero-order valence-corrected chi connectivity index (χ0v) is 20.4. The third kappa shape index (κ3) is 6.44. The third-order valence-electron chi connectivity index (χ3n) is 5.69. The topological polar surface area (TPSA) is 87.7 Å². The second-order valence-corrected chi connectivity index (χ2v) is 10.5. The van der Waals surface area contributed by atoms with Gasteiger partial charge in [0.15, 0.2) is 0 Å². The molecule has 0 aromatic heterocycles. The van der Waals surface area contributed by atoms with Crippen LogP contribution in [0.5, 0.6) is 0 Å². The molecule has 2 aromatic rings. The Bertz CT molecular complexity index is 1120. The van der Waals surface area contributed by atoms with Crippen molar-refractivity contribution in [3.05, 3.63) is 53.6 Å². The van der Waals surface area contributed by atoms with Gasteiger partial charge in [-0.3, -0.25) is 9.52 Å². The van der Waals surface area contributed by atoms with Crippen LogP contribution in [0.25, 0.3) is 0 Å². The van der Waals surface area contributed by atoms with E-state index in [9.17, 15) is 22.0 Å². The number of halogens is 2. The molecule has 0 aliphatic carbocycles. The van der Waals surface area contributed by atoms with E-state index in [1.807, 2.05) is 0 Å². The Morgan fingerprint density at radius 1 is 1.09 bits per heavy atom. The molecule has 3 rings (SSSR count). The summed E-state index contributed by atoms with van der Waals surface area (Å²) >= 11 is 0. The summed E-state index contributed by atoms with van der Waals surface area (Å²) in [4.78, 5) is 14.7. The molecule has 7 nitrogen and oxygen atoms in total. The van der Waals surface area contributed by atoms with E-state index in [-0.39, 0.29) is 22.1 Å². The van der Waals surface area contributed by atoms with Crippen LogP contribution in [0, 0.1) is 23.5 Å². The van der Waals surface area contributed by atoms with Gasteiger partial charge in [-0.25, -0.2) is 17.2 Å². The molecule has 2 N–H and O–H groups in total. The standard InChI is InChI=1S/C24H31F2N3O4S/c1-16-11-17(2)15-29(14-16)24(30)18-5-8-21(27-9-4-10-33-3)23(12-18)34(31,32)28-22-13-19(25)6-7-20(22)26/h5-8,12-13,16-17,27-28H,4,9-11,14-15H2,1-3H3. The number of hydrogen-bond acceptors (Lipinski definition) is 5. The quantitative estimate of drug-likeness (QED) is 0.506. The number of likely N-dealkylation sites (tertiary alicyclic amines) is 1. The predicted molar refractivity (Wildman–Crippen MR) is 127 cm³/mol. The molecule has 2 atom stereocenters. The third-order valence-corrected chi connectivity index (χ3v) is 7.09. The van der Waals surface area contributed by atoms with Crippen molar-refractivity contribution in [1.29, 1.82) is 0 Å². The summed E-state index contributed by atoms with van der Waals surface area (Å²) in [7, 11) is -2.79. The van der Waals surface area contributed by atoms with Crippen molar-refractivity contribution in [3.8, 4) is 0 Å². The van der Waals surface area contributed by atoms with Crippen molar-refractivity contribution in [2.24, 2.45) is 11.8 Å². The zero-order chi connectivity index (χ0) is 24.9. The Labute approximate surface area is 199 Å². The minimum atomic E-state index is -4.36. The maximum Gasteiger partial charge on any atom is 0.264 e. The van der Waals surface area contributed by atoms with E-state index >= 15 is 0 Å². The number of ether oxygens (including phenoxy) is 1. The molecule has 1 amide bonds. The Morgan fingerprint density at radius 3 is 2.47 bits per heavy atom. The van der Waals surface area contributed by atoms with Gasteiger partial charge in [0.05, 0.1) is 11.4 Å². The van der Waals surface area contributed by atoms with Crippen LogP contribution in [0.4, 0.5) is 20.2 Å². The van der Waals surface area contributed by atoms with Gasteiger partial charge in [0.2, 0.25) is 0 Å². The van der Waals surface area contributed by atoms with Crippen molar-refractivity contribution in [3.63, 3.8) is 0 Å². The molecule has 0 bridgehead atoms. The number of benzene rings is 2. The minimum absolute atomic E-state index is 0.212. The summed E-state index contributed by atoms with van der Waals surface area (Å²) in [5.74, 6) is -1.28. The van der Waals surface area contributed by atoms with E-state index in [4.69, 9.17) is 4.74 Å². The monoisotopic (exact) mass is 495 g/mol. The molecule has 186 valence electrons. The molecular formula is C24H31F2N3O4S. The number of nitrogens with zero attached hydrogens (tertiary/aromatic N) is 1. The van der Waals surface area contributed by atoms with Crippen LogP contribution in [0.15, 0.2) is 41.3 Å². The summed E-state index contributed by atoms with van der Waals surface area (Å²) in [5, 5.41) is 3.03. The van der Waals surface area contributed by atoms with Crippen LogP contribution in [0.1, 0.15) is 37.0 Å². The number of hydrogen-bond donors (Lipinski definition) is 2. The Hall–Kier alpha value is -2.72. The molecule has 1 saturated heterocycles. The van der Waals surface area contributed by atoms with Crippen LogP contribution in [-0.2, 0) is 14.8 Å². The molecule has 10 heteroatoms. The van der Waals surface area contributed by atoms with Crippen molar-refractivity contribution in [2.45, 2.75) is 31.6 Å². The number of piperidine rings is 1. The summed E-state index contributed by atoms with van der Waals surface area (Å²) in [6.07, 6.45) is 1.64. The van der Waals surface area contributed by atoms with Crippen LogP contribution in [-0.4, -0.2) is 52.6 Å². The van der Waals surface area contributed by atoms with Gasteiger partial charge < -0.3 is 15.0 Å². The predicted octanol–water partition coefficient (Wildman–Crippen LogP) is 4.33. The zero-order valence-electron chi connectivity index (χ0n) is 19.6. The van der Waals surface area contributed by atoms with E-state index in [1.54, 1.807) is 18.1 Å². The lowest BCUT2D eigenvalue weighted by atomic mass is 9.91. The summed E-state index contributed by atoms with van der Waals surface area (Å²) in [5.41, 5.74) is -0.0538. The number of nitrogens with one attached hydrogen (secondary N) is 2. The fourth-order valence-corrected chi connectivity index (χ4v) is 5.52. The van der Waals surface area contributed by atoms with Gasteiger partial charge in [-0.05, 0) is 55.0 Å². The van der Waals surface area contributed by atoms with Crippen LogP contribution >= 0.6 is 0 Å². The molecule has 0 saturated carbocycles. The maximum atomic E-state index is 14.1. The number of anilines is 2. The summed E-state index contributed by atoms with van der Waals surface area (Å²) in [6.45, 7) is 6.24. The lowest BCUT2D eigenvalue weighted by Crippen LogP contribution is -2.42. The first-order chi connectivity index (χ1) is 16.1. The average molecular weight is 496 g/mol. The molecule has 34 heavy (non-hydrogen) atoms. The molecule has 1 aliphatic rings. The van der Waals surface area contributed by atoms with Gasteiger partial charge in [-0.15, -0.1) is 0 Å². The van der Waals surface area contributed by atoms with Gasteiger partial charge >= 0.3 is 0 Å². The second kappa shape index (κ2) is 11.1. The smallest absolute Gasteiger partial charge is 0.264 e. The van der Waals surface area contributed by atoms with Gasteiger partial charge in [-0.1, -0.05) is 13.8 Å². The van der Waals surface area contributed by atoms with E-state index in [0.29, 0.717) is 44.5 Å². The van der Waals surface area contributed by atoms with E-state index in [1.165, 1.54) is 12.1 Å².